The molecule has 0 aliphatic heterocycles. The highest BCUT2D eigenvalue weighted by Gasteiger charge is 2.09. The van der Waals surface area contributed by atoms with Crippen LogP contribution in [0.1, 0.15) is 43.0 Å². The fourth-order valence-electron chi connectivity index (χ4n) is 1.85. The van der Waals surface area contributed by atoms with E-state index in [2.05, 4.69) is 45.9 Å². The normalized spacial score (nSPS) is 14.6. The Balaban J connectivity index is 2.49. The molecule has 2 unspecified atom stereocenters. The van der Waals surface area contributed by atoms with Gasteiger partial charge in [-0.2, -0.15) is 11.8 Å². The van der Waals surface area contributed by atoms with Crippen LogP contribution >= 0.6 is 11.8 Å². The van der Waals surface area contributed by atoms with Gasteiger partial charge in [0.2, 0.25) is 0 Å². The molecule has 96 valence electrons. The van der Waals surface area contributed by atoms with Gasteiger partial charge in [0.1, 0.15) is 0 Å². The van der Waals surface area contributed by atoms with E-state index in [1.165, 1.54) is 28.9 Å². The molecule has 1 nitrogen and oxygen atoms in total. The van der Waals surface area contributed by atoms with Crippen molar-refractivity contribution in [1.82, 2.24) is 0 Å². The first kappa shape index (κ1) is 14.6. The fourth-order valence-corrected chi connectivity index (χ4v) is 3.05. The minimum Gasteiger partial charge on any atom is -0.323 e. The van der Waals surface area contributed by atoms with Crippen LogP contribution in [0.3, 0.4) is 0 Å². The van der Waals surface area contributed by atoms with E-state index in [1.807, 2.05) is 11.8 Å². The number of rotatable bonds is 6. The molecular weight excluding hydrogens is 226 g/mol. The van der Waals surface area contributed by atoms with Crippen molar-refractivity contribution in [1.29, 1.82) is 0 Å². The van der Waals surface area contributed by atoms with Gasteiger partial charge in [0.05, 0.1) is 0 Å². The molecule has 0 saturated carbocycles. The van der Waals surface area contributed by atoms with Gasteiger partial charge < -0.3 is 5.73 Å². The lowest BCUT2D eigenvalue weighted by molar-refractivity contribution is 0.636. The Hall–Kier alpha value is -0.470. The summed E-state index contributed by atoms with van der Waals surface area (Å²) in [5.41, 5.74) is 10.2. The average Bonchev–Trinajstić information content (AvgIpc) is 2.28. The molecule has 2 N–H and O–H groups in total. The molecule has 17 heavy (non-hydrogen) atoms. The van der Waals surface area contributed by atoms with Crippen molar-refractivity contribution in [2.45, 2.75) is 40.2 Å². The molecule has 1 aromatic carbocycles. The zero-order valence-electron chi connectivity index (χ0n) is 11.5. The van der Waals surface area contributed by atoms with Gasteiger partial charge in [-0.15, -0.1) is 0 Å². The van der Waals surface area contributed by atoms with Crippen LogP contribution in [-0.4, -0.2) is 11.5 Å². The van der Waals surface area contributed by atoms with Crippen LogP contribution in [-0.2, 0) is 0 Å². The number of benzene rings is 1. The monoisotopic (exact) mass is 251 g/mol. The zero-order chi connectivity index (χ0) is 12.8. The van der Waals surface area contributed by atoms with Gasteiger partial charge in [-0.1, -0.05) is 44.0 Å². The first-order valence-corrected chi connectivity index (χ1v) is 7.60. The van der Waals surface area contributed by atoms with Crippen molar-refractivity contribution in [3.63, 3.8) is 0 Å². The lowest BCUT2D eigenvalue weighted by atomic mass is 10.0. The summed E-state index contributed by atoms with van der Waals surface area (Å²) < 4.78 is 0. The van der Waals surface area contributed by atoms with E-state index in [1.54, 1.807) is 0 Å². The van der Waals surface area contributed by atoms with Crippen LogP contribution in [0.2, 0.25) is 0 Å². The Morgan fingerprint density at radius 2 is 1.94 bits per heavy atom. The van der Waals surface area contributed by atoms with E-state index in [9.17, 15) is 0 Å². The second-order valence-corrected chi connectivity index (χ2v) is 6.09. The summed E-state index contributed by atoms with van der Waals surface area (Å²) in [4.78, 5) is 0. The molecule has 0 aromatic heterocycles. The lowest BCUT2D eigenvalue weighted by Gasteiger charge is -2.16. The second kappa shape index (κ2) is 7.07. The molecule has 1 rings (SSSR count). The highest BCUT2D eigenvalue weighted by Crippen LogP contribution is 2.22. The molecule has 1 aromatic rings. The molecule has 0 saturated heterocycles. The third kappa shape index (κ3) is 4.72. The number of nitrogens with two attached hydrogens (primary N) is 1. The SMILES string of the molecule is CCC(C)CSCC(N)c1ccc(C)cc1C. The van der Waals surface area contributed by atoms with Crippen LogP contribution in [0.25, 0.3) is 0 Å². The topological polar surface area (TPSA) is 26.0 Å². The van der Waals surface area contributed by atoms with E-state index in [4.69, 9.17) is 5.73 Å². The van der Waals surface area contributed by atoms with Gasteiger partial charge >= 0.3 is 0 Å². The predicted octanol–water partition coefficient (Wildman–Crippen LogP) is 4.08. The number of aryl methyl sites for hydroxylation is 2. The first-order valence-electron chi connectivity index (χ1n) is 6.45. The molecule has 0 bridgehead atoms. The van der Waals surface area contributed by atoms with Crippen LogP contribution in [0.5, 0.6) is 0 Å². The third-order valence-electron chi connectivity index (χ3n) is 3.22. The molecular formula is C15H25NS. The number of hydrogen-bond acceptors (Lipinski definition) is 2. The van der Waals surface area contributed by atoms with Gasteiger partial charge in [-0.05, 0) is 36.6 Å². The van der Waals surface area contributed by atoms with Crippen molar-refractivity contribution in [2.75, 3.05) is 11.5 Å². The van der Waals surface area contributed by atoms with E-state index in [0.717, 1.165) is 11.7 Å². The Morgan fingerprint density at radius 1 is 1.24 bits per heavy atom. The van der Waals surface area contributed by atoms with Crippen molar-refractivity contribution in [3.05, 3.63) is 34.9 Å². The maximum absolute atomic E-state index is 6.25. The molecule has 0 radical (unpaired) electrons. The lowest BCUT2D eigenvalue weighted by Crippen LogP contribution is -2.15. The Kier molecular flexibility index (Phi) is 6.07. The molecule has 0 fully saturated rings. The molecule has 0 aliphatic carbocycles. The summed E-state index contributed by atoms with van der Waals surface area (Å²) in [6.07, 6.45) is 1.26. The highest BCUT2D eigenvalue weighted by atomic mass is 32.2. The van der Waals surface area contributed by atoms with Crippen molar-refractivity contribution >= 4 is 11.8 Å². The molecule has 2 atom stereocenters. The van der Waals surface area contributed by atoms with E-state index >= 15 is 0 Å². The molecule has 0 aliphatic rings. The number of hydrogen-bond donors (Lipinski definition) is 1. The van der Waals surface area contributed by atoms with Gasteiger partial charge in [0.15, 0.2) is 0 Å². The third-order valence-corrected chi connectivity index (χ3v) is 4.62. The van der Waals surface area contributed by atoms with Gasteiger partial charge in [0.25, 0.3) is 0 Å². The second-order valence-electron chi connectivity index (χ2n) is 5.02. The average molecular weight is 251 g/mol. The maximum Gasteiger partial charge on any atom is 0.0389 e. The van der Waals surface area contributed by atoms with Crippen molar-refractivity contribution in [3.8, 4) is 0 Å². The summed E-state index contributed by atoms with van der Waals surface area (Å²) in [5, 5.41) is 0. The van der Waals surface area contributed by atoms with E-state index in [0.29, 0.717) is 0 Å². The summed E-state index contributed by atoms with van der Waals surface area (Å²) in [5.74, 6) is 3.04. The summed E-state index contributed by atoms with van der Waals surface area (Å²) in [7, 11) is 0. The van der Waals surface area contributed by atoms with E-state index < -0.39 is 0 Å². The Morgan fingerprint density at radius 3 is 2.53 bits per heavy atom. The maximum atomic E-state index is 6.25. The summed E-state index contributed by atoms with van der Waals surface area (Å²) >= 11 is 1.98. The van der Waals surface area contributed by atoms with E-state index in [-0.39, 0.29) is 6.04 Å². The van der Waals surface area contributed by atoms with Crippen LogP contribution < -0.4 is 5.73 Å². The largest absolute Gasteiger partial charge is 0.323 e. The molecule has 2 heteroatoms. The molecule has 0 amide bonds. The van der Waals surface area contributed by atoms with Crippen LogP contribution in [0, 0.1) is 19.8 Å². The molecule has 0 heterocycles. The highest BCUT2D eigenvalue weighted by molar-refractivity contribution is 7.99. The quantitative estimate of drug-likeness (QED) is 0.824. The minimum absolute atomic E-state index is 0.171. The fraction of sp³-hybridized carbons (Fsp3) is 0.600. The van der Waals surface area contributed by atoms with Gasteiger partial charge in [-0.25, -0.2) is 0 Å². The van der Waals surface area contributed by atoms with Gasteiger partial charge in [-0.3, -0.25) is 0 Å². The summed E-state index contributed by atoms with van der Waals surface area (Å²) in [6.45, 7) is 8.83. The summed E-state index contributed by atoms with van der Waals surface area (Å²) in [6, 6.07) is 6.72. The smallest absolute Gasteiger partial charge is 0.0389 e. The van der Waals surface area contributed by atoms with Crippen LogP contribution in [0.4, 0.5) is 0 Å². The first-order chi connectivity index (χ1) is 8.04. The standard InChI is InChI=1S/C15H25NS/c1-5-11(2)9-17-10-15(16)14-7-6-12(3)8-13(14)4/h6-8,11,15H,5,9-10,16H2,1-4H3. The Labute approximate surface area is 110 Å². The number of thioether (sulfide) groups is 1. The predicted molar refractivity (Wildman–Crippen MR) is 79.6 cm³/mol. The molecule has 0 spiro atoms. The zero-order valence-corrected chi connectivity index (χ0v) is 12.3. The minimum atomic E-state index is 0.171. The Bertz CT molecular complexity index is 349. The van der Waals surface area contributed by atoms with Crippen molar-refractivity contribution < 1.29 is 0 Å². The van der Waals surface area contributed by atoms with Crippen molar-refractivity contribution in [2.24, 2.45) is 11.7 Å². The van der Waals surface area contributed by atoms with Gasteiger partial charge in [0, 0.05) is 11.8 Å². The van der Waals surface area contributed by atoms with Crippen LogP contribution in [0.15, 0.2) is 18.2 Å².